The summed E-state index contributed by atoms with van der Waals surface area (Å²) in [6.45, 7) is 0. The van der Waals surface area contributed by atoms with Gasteiger partial charge in [-0.1, -0.05) is 42.5 Å². The lowest BCUT2D eigenvalue weighted by atomic mass is 10.1. The second kappa shape index (κ2) is 5.78. The second-order valence-corrected chi connectivity index (χ2v) is 5.64. The van der Waals surface area contributed by atoms with E-state index in [2.05, 4.69) is 4.99 Å². The van der Waals surface area contributed by atoms with E-state index in [1.165, 1.54) is 0 Å². The number of ketones is 1. The molecule has 3 heteroatoms. The highest BCUT2D eigenvalue weighted by molar-refractivity contribution is 6.22. The van der Waals surface area contributed by atoms with E-state index in [0.717, 1.165) is 39.3 Å². The molecular formula is C21H15NO2. The standard InChI is InChI=1S/C21H15NO2/c1-24-16-6-4-5-14(11-16)13-22-15-9-10-18-17-7-2-3-8-19(17)21(23)20(18)12-15/h2-13H,1H3. The summed E-state index contributed by atoms with van der Waals surface area (Å²) in [5.74, 6) is 0.859. The number of methoxy groups -OCH3 is 1. The summed E-state index contributed by atoms with van der Waals surface area (Å²) in [6, 6.07) is 21.1. The second-order valence-electron chi connectivity index (χ2n) is 5.64. The summed E-state index contributed by atoms with van der Waals surface area (Å²) in [5.41, 5.74) is 5.18. The number of aliphatic imine (C=N–C) groups is 1. The average Bonchev–Trinajstić information content (AvgIpc) is 2.93. The molecule has 0 unspecified atom stereocenters. The molecule has 0 saturated carbocycles. The molecule has 0 aliphatic heterocycles. The van der Waals surface area contributed by atoms with Crippen LogP contribution < -0.4 is 4.74 Å². The van der Waals surface area contributed by atoms with Crippen LogP contribution in [0.25, 0.3) is 11.1 Å². The van der Waals surface area contributed by atoms with Crippen molar-refractivity contribution in [2.24, 2.45) is 4.99 Å². The van der Waals surface area contributed by atoms with Crippen LogP contribution in [0.3, 0.4) is 0 Å². The van der Waals surface area contributed by atoms with Crippen molar-refractivity contribution in [2.75, 3.05) is 7.11 Å². The maximum atomic E-state index is 12.5. The van der Waals surface area contributed by atoms with Crippen molar-refractivity contribution in [3.8, 4) is 16.9 Å². The van der Waals surface area contributed by atoms with Crippen LogP contribution in [-0.4, -0.2) is 19.1 Å². The third-order valence-corrected chi connectivity index (χ3v) is 4.17. The molecule has 0 bridgehead atoms. The first-order chi connectivity index (χ1) is 11.8. The molecule has 1 aliphatic carbocycles. The number of hydrogen-bond donors (Lipinski definition) is 0. The molecule has 0 saturated heterocycles. The van der Waals surface area contributed by atoms with Gasteiger partial charge in [0, 0.05) is 17.3 Å². The van der Waals surface area contributed by atoms with Crippen LogP contribution in [0.15, 0.2) is 71.7 Å². The van der Waals surface area contributed by atoms with Crippen LogP contribution in [0.5, 0.6) is 5.75 Å². The molecule has 0 radical (unpaired) electrons. The summed E-state index contributed by atoms with van der Waals surface area (Å²) in [7, 11) is 1.64. The van der Waals surface area contributed by atoms with Crippen LogP contribution in [0.4, 0.5) is 5.69 Å². The third kappa shape index (κ3) is 2.40. The van der Waals surface area contributed by atoms with Crippen LogP contribution >= 0.6 is 0 Å². The fourth-order valence-corrected chi connectivity index (χ4v) is 2.97. The zero-order valence-electron chi connectivity index (χ0n) is 13.2. The number of nitrogens with zero attached hydrogens (tertiary/aromatic N) is 1. The van der Waals surface area contributed by atoms with Crippen molar-refractivity contribution in [3.05, 3.63) is 83.4 Å². The quantitative estimate of drug-likeness (QED) is 0.516. The number of carbonyl (C=O) groups is 1. The van der Waals surface area contributed by atoms with Gasteiger partial charge in [-0.3, -0.25) is 9.79 Å². The number of carbonyl (C=O) groups excluding carboxylic acids is 1. The number of hydrogen-bond acceptors (Lipinski definition) is 3. The number of fused-ring (bicyclic) bond motifs is 3. The largest absolute Gasteiger partial charge is 0.497 e. The van der Waals surface area contributed by atoms with Gasteiger partial charge in [-0.05, 0) is 41.0 Å². The van der Waals surface area contributed by atoms with Crippen molar-refractivity contribution in [3.63, 3.8) is 0 Å². The van der Waals surface area contributed by atoms with Crippen LogP contribution in [0.1, 0.15) is 21.5 Å². The molecule has 0 N–H and O–H groups in total. The molecule has 0 aromatic heterocycles. The van der Waals surface area contributed by atoms with Gasteiger partial charge in [0.25, 0.3) is 0 Å². The smallest absolute Gasteiger partial charge is 0.194 e. The zero-order valence-corrected chi connectivity index (χ0v) is 13.2. The van der Waals surface area contributed by atoms with Gasteiger partial charge in [0.15, 0.2) is 5.78 Å². The molecule has 3 nitrogen and oxygen atoms in total. The summed E-state index contributed by atoms with van der Waals surface area (Å²) in [5, 5.41) is 0. The SMILES string of the molecule is COc1cccc(C=Nc2ccc3c(c2)C(=O)c2ccccc2-3)c1. The molecule has 116 valence electrons. The molecule has 1 aliphatic rings. The van der Waals surface area contributed by atoms with Crippen LogP contribution in [-0.2, 0) is 0 Å². The van der Waals surface area contributed by atoms with E-state index in [-0.39, 0.29) is 5.78 Å². The van der Waals surface area contributed by atoms with Gasteiger partial charge in [0.2, 0.25) is 0 Å². The predicted octanol–water partition coefficient (Wildman–Crippen LogP) is 4.66. The fourth-order valence-electron chi connectivity index (χ4n) is 2.97. The van der Waals surface area contributed by atoms with Gasteiger partial charge in [-0.25, -0.2) is 0 Å². The summed E-state index contributed by atoms with van der Waals surface area (Å²) >= 11 is 0. The predicted molar refractivity (Wildman–Crippen MR) is 95.6 cm³/mol. The number of ether oxygens (including phenoxy) is 1. The Morgan fingerprint density at radius 2 is 1.62 bits per heavy atom. The molecule has 0 spiro atoms. The van der Waals surface area contributed by atoms with E-state index >= 15 is 0 Å². The topological polar surface area (TPSA) is 38.7 Å². The van der Waals surface area contributed by atoms with E-state index < -0.39 is 0 Å². The summed E-state index contributed by atoms with van der Waals surface area (Å²) < 4.78 is 5.21. The maximum Gasteiger partial charge on any atom is 0.194 e. The molecule has 4 rings (SSSR count). The Hall–Kier alpha value is -3.20. The van der Waals surface area contributed by atoms with Gasteiger partial charge in [-0.15, -0.1) is 0 Å². The van der Waals surface area contributed by atoms with Crippen molar-refractivity contribution in [2.45, 2.75) is 0 Å². The fraction of sp³-hybridized carbons (Fsp3) is 0.0476. The lowest BCUT2D eigenvalue weighted by molar-refractivity contribution is 0.104. The van der Waals surface area contributed by atoms with Crippen LogP contribution in [0, 0.1) is 0 Å². The van der Waals surface area contributed by atoms with E-state index in [1.54, 1.807) is 13.3 Å². The lowest BCUT2D eigenvalue weighted by Gasteiger charge is -2.02. The molecular weight excluding hydrogens is 298 g/mol. The molecule has 24 heavy (non-hydrogen) atoms. The summed E-state index contributed by atoms with van der Waals surface area (Å²) in [6.07, 6.45) is 1.77. The first-order valence-corrected chi connectivity index (χ1v) is 7.72. The van der Waals surface area contributed by atoms with E-state index in [1.807, 2.05) is 66.7 Å². The molecule has 0 atom stereocenters. The number of benzene rings is 3. The first-order valence-electron chi connectivity index (χ1n) is 7.72. The third-order valence-electron chi connectivity index (χ3n) is 4.17. The highest BCUT2D eigenvalue weighted by Gasteiger charge is 2.25. The normalized spacial score (nSPS) is 12.3. The Labute approximate surface area is 140 Å². The van der Waals surface area contributed by atoms with Gasteiger partial charge in [0.1, 0.15) is 5.75 Å². The Kier molecular flexibility index (Phi) is 3.47. The molecule has 0 heterocycles. The summed E-state index contributed by atoms with van der Waals surface area (Å²) in [4.78, 5) is 17.0. The van der Waals surface area contributed by atoms with E-state index in [4.69, 9.17) is 4.74 Å². The minimum Gasteiger partial charge on any atom is -0.497 e. The van der Waals surface area contributed by atoms with Gasteiger partial charge >= 0.3 is 0 Å². The Morgan fingerprint density at radius 1 is 0.833 bits per heavy atom. The lowest BCUT2D eigenvalue weighted by Crippen LogP contribution is -1.94. The maximum absolute atomic E-state index is 12.5. The van der Waals surface area contributed by atoms with Gasteiger partial charge in [-0.2, -0.15) is 0 Å². The van der Waals surface area contributed by atoms with Crippen molar-refractivity contribution >= 4 is 17.7 Å². The highest BCUT2D eigenvalue weighted by atomic mass is 16.5. The first kappa shape index (κ1) is 14.4. The van der Waals surface area contributed by atoms with Gasteiger partial charge in [0.05, 0.1) is 12.8 Å². The molecule has 3 aromatic carbocycles. The van der Waals surface area contributed by atoms with Crippen molar-refractivity contribution < 1.29 is 9.53 Å². The van der Waals surface area contributed by atoms with E-state index in [9.17, 15) is 4.79 Å². The van der Waals surface area contributed by atoms with E-state index in [0.29, 0.717) is 0 Å². The molecule has 0 amide bonds. The zero-order chi connectivity index (χ0) is 16.5. The minimum atomic E-state index is 0.0685. The Bertz CT molecular complexity index is 973. The van der Waals surface area contributed by atoms with Crippen LogP contribution in [0.2, 0.25) is 0 Å². The van der Waals surface area contributed by atoms with Crippen molar-refractivity contribution in [1.29, 1.82) is 0 Å². The highest BCUT2D eigenvalue weighted by Crippen LogP contribution is 2.38. The molecule has 3 aromatic rings. The van der Waals surface area contributed by atoms with Crippen molar-refractivity contribution in [1.82, 2.24) is 0 Å². The Balaban J connectivity index is 1.68. The minimum absolute atomic E-state index is 0.0685. The van der Waals surface area contributed by atoms with Gasteiger partial charge < -0.3 is 4.74 Å². The monoisotopic (exact) mass is 313 g/mol. The Morgan fingerprint density at radius 3 is 2.46 bits per heavy atom. The average molecular weight is 313 g/mol. The number of rotatable bonds is 3. The molecule has 0 fully saturated rings.